The minimum atomic E-state index is -0.527. The number of nitroso groups, excluding NO2 is 1. The van der Waals surface area contributed by atoms with Gasteiger partial charge in [-0.1, -0.05) is 0 Å². The molecule has 2 heterocycles. The Kier molecular flexibility index (Phi) is 4.95. The van der Waals surface area contributed by atoms with E-state index >= 15 is 0 Å². The molecule has 7 heteroatoms. The summed E-state index contributed by atoms with van der Waals surface area (Å²) in [5.74, 6) is 0.188. The highest BCUT2D eigenvalue weighted by Crippen LogP contribution is 2.26. The van der Waals surface area contributed by atoms with Gasteiger partial charge in [0, 0.05) is 12.7 Å². The van der Waals surface area contributed by atoms with E-state index in [2.05, 4.69) is 10.2 Å². The van der Waals surface area contributed by atoms with E-state index < -0.39 is 5.60 Å². The molecule has 22 heavy (non-hydrogen) atoms. The zero-order valence-corrected chi connectivity index (χ0v) is 13.1. The lowest BCUT2D eigenvalue weighted by molar-refractivity contribution is 0.0186. The van der Waals surface area contributed by atoms with Crippen LogP contribution in [0, 0.1) is 4.91 Å². The van der Waals surface area contributed by atoms with Crippen LogP contribution in [0.3, 0.4) is 0 Å². The number of carbonyl (C=O) groups excluding carboxylic acids is 1. The molecule has 1 aromatic rings. The molecule has 120 valence electrons. The Morgan fingerprint density at radius 1 is 1.50 bits per heavy atom. The number of ether oxygens (including phenoxy) is 2. The number of pyridine rings is 1. The highest BCUT2D eigenvalue weighted by molar-refractivity contribution is 5.69. The van der Waals surface area contributed by atoms with Crippen molar-refractivity contribution >= 4 is 11.8 Å². The van der Waals surface area contributed by atoms with Crippen LogP contribution in [-0.2, 0) is 4.74 Å². The monoisotopic (exact) mass is 307 g/mol. The average molecular weight is 307 g/mol. The molecule has 0 aliphatic carbocycles. The fourth-order valence-electron chi connectivity index (χ4n) is 2.31. The van der Waals surface area contributed by atoms with Crippen molar-refractivity contribution in [1.29, 1.82) is 0 Å². The van der Waals surface area contributed by atoms with Crippen LogP contribution in [0.5, 0.6) is 5.88 Å². The minimum absolute atomic E-state index is 0.0867. The second-order valence-corrected chi connectivity index (χ2v) is 6.20. The second-order valence-electron chi connectivity index (χ2n) is 6.20. The van der Waals surface area contributed by atoms with Gasteiger partial charge in [-0.2, -0.15) is 0 Å². The molecule has 1 aliphatic heterocycles. The maximum absolute atomic E-state index is 12.2. The molecule has 0 saturated carbocycles. The van der Waals surface area contributed by atoms with E-state index in [0.29, 0.717) is 6.54 Å². The van der Waals surface area contributed by atoms with Gasteiger partial charge in [0.15, 0.2) is 5.69 Å². The van der Waals surface area contributed by atoms with Gasteiger partial charge in [-0.3, -0.25) is 0 Å². The zero-order valence-electron chi connectivity index (χ0n) is 13.1. The molecule has 1 aliphatic rings. The van der Waals surface area contributed by atoms with E-state index in [1.807, 2.05) is 20.8 Å². The number of carbonyl (C=O) groups is 1. The molecule has 0 unspecified atom stereocenters. The van der Waals surface area contributed by atoms with Crippen LogP contribution < -0.4 is 4.74 Å². The van der Waals surface area contributed by atoms with Gasteiger partial charge >= 0.3 is 6.09 Å². The summed E-state index contributed by atoms with van der Waals surface area (Å²) in [7, 11) is 0. The van der Waals surface area contributed by atoms with E-state index in [1.165, 1.54) is 12.3 Å². The van der Waals surface area contributed by atoms with Crippen molar-refractivity contribution in [1.82, 2.24) is 9.88 Å². The zero-order chi connectivity index (χ0) is 16.2. The number of hydrogen-bond acceptors (Lipinski definition) is 6. The molecule has 0 radical (unpaired) electrons. The SMILES string of the molecule is CC(C)(C)OC(=O)N1CCC[C@H]1COc1ncccc1N=O. The van der Waals surface area contributed by atoms with Gasteiger partial charge in [-0.05, 0) is 50.9 Å². The van der Waals surface area contributed by atoms with Gasteiger partial charge < -0.3 is 14.4 Å². The fraction of sp³-hybridized carbons (Fsp3) is 0.600. The fourth-order valence-corrected chi connectivity index (χ4v) is 2.31. The summed E-state index contributed by atoms with van der Waals surface area (Å²) < 4.78 is 11.0. The van der Waals surface area contributed by atoms with Gasteiger partial charge in [-0.15, -0.1) is 4.91 Å². The predicted molar refractivity (Wildman–Crippen MR) is 81.1 cm³/mol. The lowest BCUT2D eigenvalue weighted by Gasteiger charge is -2.28. The molecule has 1 fully saturated rings. The molecular weight excluding hydrogens is 286 g/mol. The molecule has 1 saturated heterocycles. The van der Waals surface area contributed by atoms with Gasteiger partial charge in [0.1, 0.15) is 12.2 Å². The molecule has 1 amide bonds. The Morgan fingerprint density at radius 2 is 2.27 bits per heavy atom. The molecule has 1 aromatic heterocycles. The van der Waals surface area contributed by atoms with Crippen molar-refractivity contribution in [3.63, 3.8) is 0 Å². The molecule has 0 aromatic carbocycles. The summed E-state index contributed by atoms with van der Waals surface area (Å²) in [6.45, 7) is 6.41. The standard InChI is InChI=1S/C15H21N3O4/c1-15(2,3)22-14(19)18-9-5-6-11(18)10-21-13-12(17-20)7-4-8-16-13/h4,7-8,11H,5-6,9-10H2,1-3H3/t11-/m0/s1. The third-order valence-electron chi connectivity index (χ3n) is 3.27. The largest absolute Gasteiger partial charge is 0.474 e. The topological polar surface area (TPSA) is 81.1 Å². The smallest absolute Gasteiger partial charge is 0.410 e. The summed E-state index contributed by atoms with van der Waals surface area (Å²) >= 11 is 0. The summed E-state index contributed by atoms with van der Waals surface area (Å²) in [5.41, 5.74) is -0.370. The van der Waals surface area contributed by atoms with Crippen LogP contribution in [0.15, 0.2) is 23.5 Å². The Labute approximate surface area is 129 Å². The quantitative estimate of drug-likeness (QED) is 0.797. The van der Waals surface area contributed by atoms with E-state index in [-0.39, 0.29) is 30.3 Å². The van der Waals surface area contributed by atoms with Crippen molar-refractivity contribution in [2.75, 3.05) is 13.2 Å². The highest BCUT2D eigenvalue weighted by atomic mass is 16.6. The lowest BCUT2D eigenvalue weighted by Crippen LogP contribution is -2.42. The third kappa shape index (κ3) is 4.16. The highest BCUT2D eigenvalue weighted by Gasteiger charge is 2.32. The second kappa shape index (κ2) is 6.72. The molecule has 0 spiro atoms. The number of hydrogen-bond donors (Lipinski definition) is 0. The number of amides is 1. The molecular formula is C15H21N3O4. The Hall–Kier alpha value is -2.18. The first-order valence-electron chi connectivity index (χ1n) is 7.31. The van der Waals surface area contributed by atoms with Crippen molar-refractivity contribution in [2.24, 2.45) is 5.18 Å². The Morgan fingerprint density at radius 3 is 2.95 bits per heavy atom. The van der Waals surface area contributed by atoms with Crippen LogP contribution >= 0.6 is 0 Å². The van der Waals surface area contributed by atoms with E-state index in [9.17, 15) is 9.70 Å². The maximum atomic E-state index is 12.2. The summed E-state index contributed by atoms with van der Waals surface area (Å²) in [4.78, 5) is 28.5. The van der Waals surface area contributed by atoms with Gasteiger partial charge in [-0.25, -0.2) is 9.78 Å². The summed E-state index contributed by atoms with van der Waals surface area (Å²) in [5, 5.41) is 2.88. The number of aromatic nitrogens is 1. The number of nitrogens with zero attached hydrogens (tertiary/aromatic N) is 3. The minimum Gasteiger partial charge on any atom is -0.474 e. The third-order valence-corrected chi connectivity index (χ3v) is 3.27. The Bertz CT molecular complexity index is 542. The molecule has 0 bridgehead atoms. The van der Waals surface area contributed by atoms with Crippen molar-refractivity contribution in [2.45, 2.75) is 45.3 Å². The first-order valence-corrected chi connectivity index (χ1v) is 7.31. The predicted octanol–water partition coefficient (Wildman–Crippen LogP) is 3.26. The van der Waals surface area contributed by atoms with Gasteiger partial charge in [0.2, 0.25) is 5.88 Å². The normalized spacial score (nSPS) is 18.1. The summed E-state index contributed by atoms with van der Waals surface area (Å²) in [6.07, 6.45) is 2.92. The Balaban J connectivity index is 1.97. The van der Waals surface area contributed by atoms with E-state index in [1.54, 1.807) is 11.0 Å². The lowest BCUT2D eigenvalue weighted by atomic mass is 10.2. The summed E-state index contributed by atoms with van der Waals surface area (Å²) in [6, 6.07) is 3.07. The van der Waals surface area contributed by atoms with Crippen LogP contribution in [0.4, 0.5) is 10.5 Å². The molecule has 7 nitrogen and oxygen atoms in total. The number of likely N-dealkylation sites (tertiary alicyclic amines) is 1. The first kappa shape index (κ1) is 16.2. The maximum Gasteiger partial charge on any atom is 0.410 e. The molecule has 1 atom stereocenters. The van der Waals surface area contributed by atoms with Gasteiger partial charge in [0.05, 0.1) is 6.04 Å². The van der Waals surface area contributed by atoms with E-state index in [4.69, 9.17) is 9.47 Å². The van der Waals surface area contributed by atoms with Crippen molar-refractivity contribution in [3.8, 4) is 5.88 Å². The number of rotatable bonds is 4. The van der Waals surface area contributed by atoms with Crippen molar-refractivity contribution in [3.05, 3.63) is 23.2 Å². The van der Waals surface area contributed by atoms with Crippen LogP contribution in [0.2, 0.25) is 0 Å². The first-order chi connectivity index (χ1) is 10.4. The van der Waals surface area contributed by atoms with E-state index in [0.717, 1.165) is 12.8 Å². The molecule has 0 N–H and O–H groups in total. The van der Waals surface area contributed by atoms with Crippen LogP contribution in [0.25, 0.3) is 0 Å². The van der Waals surface area contributed by atoms with Crippen LogP contribution in [-0.4, -0.2) is 40.8 Å². The van der Waals surface area contributed by atoms with Crippen molar-refractivity contribution < 1.29 is 14.3 Å². The average Bonchev–Trinajstić information content (AvgIpc) is 2.92. The van der Waals surface area contributed by atoms with Gasteiger partial charge in [0.25, 0.3) is 0 Å². The van der Waals surface area contributed by atoms with Crippen LogP contribution in [0.1, 0.15) is 33.6 Å². The molecule has 2 rings (SSSR count).